The summed E-state index contributed by atoms with van der Waals surface area (Å²) in [5.41, 5.74) is 0. The first-order valence-corrected chi connectivity index (χ1v) is 8.23. The smallest absolute Gasteiger partial charge is 0.0593 e. The second-order valence-corrected chi connectivity index (χ2v) is 6.33. The Morgan fingerprint density at radius 1 is 1.32 bits per heavy atom. The van der Waals surface area contributed by atoms with Crippen LogP contribution < -0.4 is 5.32 Å². The Kier molecular flexibility index (Phi) is 9.48. The van der Waals surface area contributed by atoms with Crippen LogP contribution in [0.3, 0.4) is 0 Å². The lowest BCUT2D eigenvalue weighted by Crippen LogP contribution is -2.41. The van der Waals surface area contributed by atoms with Gasteiger partial charge in [-0.1, -0.05) is 27.2 Å². The summed E-state index contributed by atoms with van der Waals surface area (Å²) in [6.07, 6.45) is 5.16. The number of nitrogens with one attached hydrogen (secondary N) is 1. The van der Waals surface area contributed by atoms with E-state index in [1.807, 2.05) is 0 Å². The van der Waals surface area contributed by atoms with Crippen LogP contribution in [0.5, 0.6) is 0 Å². The van der Waals surface area contributed by atoms with E-state index in [9.17, 15) is 0 Å². The topological polar surface area (TPSA) is 24.5 Å². The maximum absolute atomic E-state index is 5.67. The average molecular weight is 270 g/mol. The molecule has 19 heavy (non-hydrogen) atoms. The van der Waals surface area contributed by atoms with Crippen LogP contribution in [0.25, 0.3) is 0 Å². The first-order valence-electron chi connectivity index (χ1n) is 8.23. The van der Waals surface area contributed by atoms with Crippen LogP contribution in [-0.4, -0.2) is 50.8 Å². The van der Waals surface area contributed by atoms with E-state index in [-0.39, 0.29) is 0 Å². The van der Waals surface area contributed by atoms with Crippen molar-refractivity contribution < 1.29 is 4.74 Å². The van der Waals surface area contributed by atoms with E-state index in [2.05, 4.69) is 31.0 Å². The molecule has 1 saturated heterocycles. The van der Waals surface area contributed by atoms with Gasteiger partial charge in [-0.25, -0.2) is 0 Å². The number of nitrogens with zero attached hydrogens (tertiary/aromatic N) is 1. The fourth-order valence-corrected chi connectivity index (χ4v) is 2.64. The molecule has 0 aromatic carbocycles. The van der Waals surface area contributed by atoms with Gasteiger partial charge in [0, 0.05) is 19.7 Å². The number of rotatable bonds is 10. The summed E-state index contributed by atoms with van der Waals surface area (Å²) < 4.78 is 5.67. The average Bonchev–Trinajstić information content (AvgIpc) is 2.39. The van der Waals surface area contributed by atoms with Gasteiger partial charge in [-0.2, -0.15) is 0 Å². The Hall–Kier alpha value is -0.120. The minimum Gasteiger partial charge on any atom is -0.380 e. The molecule has 3 heteroatoms. The number of likely N-dealkylation sites (tertiary alicyclic amines) is 1. The minimum absolute atomic E-state index is 0.756. The molecule has 1 atom stereocenters. The maximum Gasteiger partial charge on any atom is 0.0593 e. The standard InChI is InChI=1S/C16H34N2O/c1-4-5-10-19-11-9-18-8-6-7-16(14-18)13-17-12-15(2)3/h15-17H,4-14H2,1-3H3. The van der Waals surface area contributed by atoms with Gasteiger partial charge in [-0.05, 0) is 50.7 Å². The number of ether oxygens (including phenoxy) is 1. The zero-order valence-electron chi connectivity index (χ0n) is 13.3. The summed E-state index contributed by atoms with van der Waals surface area (Å²) in [5, 5.41) is 3.60. The van der Waals surface area contributed by atoms with Crippen molar-refractivity contribution in [1.82, 2.24) is 10.2 Å². The van der Waals surface area contributed by atoms with Crippen molar-refractivity contribution in [2.45, 2.75) is 46.5 Å². The number of hydrogen-bond acceptors (Lipinski definition) is 3. The molecule has 0 aliphatic carbocycles. The molecular formula is C16H34N2O. The monoisotopic (exact) mass is 270 g/mol. The van der Waals surface area contributed by atoms with Gasteiger partial charge in [-0.3, -0.25) is 0 Å². The molecule has 0 radical (unpaired) electrons. The Bertz CT molecular complexity index is 209. The van der Waals surface area contributed by atoms with E-state index in [0.29, 0.717) is 0 Å². The third-order valence-corrected chi connectivity index (χ3v) is 3.78. The number of piperidine rings is 1. The van der Waals surface area contributed by atoms with E-state index < -0.39 is 0 Å². The van der Waals surface area contributed by atoms with Crippen molar-refractivity contribution in [3.8, 4) is 0 Å². The Morgan fingerprint density at radius 3 is 2.89 bits per heavy atom. The lowest BCUT2D eigenvalue weighted by molar-refractivity contribution is 0.0831. The van der Waals surface area contributed by atoms with Gasteiger partial charge < -0.3 is 15.0 Å². The summed E-state index contributed by atoms with van der Waals surface area (Å²) in [7, 11) is 0. The zero-order chi connectivity index (χ0) is 13.9. The first-order chi connectivity index (χ1) is 9.22. The van der Waals surface area contributed by atoms with Crippen LogP contribution in [0.2, 0.25) is 0 Å². The highest BCUT2D eigenvalue weighted by molar-refractivity contribution is 4.74. The van der Waals surface area contributed by atoms with Gasteiger partial charge in [0.25, 0.3) is 0 Å². The summed E-state index contributed by atoms with van der Waals surface area (Å²) in [5.74, 6) is 1.59. The molecule has 0 bridgehead atoms. The zero-order valence-corrected chi connectivity index (χ0v) is 13.3. The summed E-state index contributed by atoms with van der Waals surface area (Å²) >= 11 is 0. The molecule has 1 N–H and O–H groups in total. The SMILES string of the molecule is CCCCOCCN1CCCC(CNCC(C)C)C1. The van der Waals surface area contributed by atoms with Crippen LogP contribution in [0, 0.1) is 11.8 Å². The van der Waals surface area contributed by atoms with Gasteiger partial charge in [0.2, 0.25) is 0 Å². The molecule has 1 heterocycles. The number of hydrogen-bond donors (Lipinski definition) is 1. The van der Waals surface area contributed by atoms with Crippen LogP contribution in [0.1, 0.15) is 46.5 Å². The second kappa shape index (κ2) is 10.6. The van der Waals surface area contributed by atoms with Crippen molar-refractivity contribution in [3.05, 3.63) is 0 Å². The summed E-state index contributed by atoms with van der Waals surface area (Å²) in [6.45, 7) is 14.6. The molecule has 0 saturated carbocycles. The van der Waals surface area contributed by atoms with E-state index in [4.69, 9.17) is 4.74 Å². The number of unbranched alkanes of at least 4 members (excludes halogenated alkanes) is 1. The fourth-order valence-electron chi connectivity index (χ4n) is 2.64. The van der Waals surface area contributed by atoms with Gasteiger partial charge in [-0.15, -0.1) is 0 Å². The van der Waals surface area contributed by atoms with Crippen molar-refractivity contribution in [1.29, 1.82) is 0 Å². The van der Waals surface area contributed by atoms with Crippen molar-refractivity contribution in [3.63, 3.8) is 0 Å². The lowest BCUT2D eigenvalue weighted by Gasteiger charge is -2.32. The first kappa shape index (κ1) is 16.9. The van der Waals surface area contributed by atoms with Gasteiger partial charge in [0.15, 0.2) is 0 Å². The Balaban J connectivity index is 2.05. The van der Waals surface area contributed by atoms with Crippen LogP contribution in [-0.2, 0) is 4.74 Å². The Morgan fingerprint density at radius 2 is 2.16 bits per heavy atom. The molecular weight excluding hydrogens is 236 g/mol. The van der Waals surface area contributed by atoms with E-state index in [1.54, 1.807) is 0 Å². The molecule has 0 aromatic heterocycles. The third-order valence-electron chi connectivity index (χ3n) is 3.78. The highest BCUT2D eigenvalue weighted by atomic mass is 16.5. The summed E-state index contributed by atoms with van der Waals surface area (Å²) in [4.78, 5) is 2.58. The lowest BCUT2D eigenvalue weighted by atomic mass is 9.98. The quantitative estimate of drug-likeness (QED) is 0.618. The molecule has 3 nitrogen and oxygen atoms in total. The molecule has 1 rings (SSSR count). The molecule has 0 aromatic rings. The van der Waals surface area contributed by atoms with E-state index >= 15 is 0 Å². The van der Waals surface area contributed by atoms with Crippen LogP contribution in [0.4, 0.5) is 0 Å². The van der Waals surface area contributed by atoms with E-state index in [1.165, 1.54) is 45.3 Å². The van der Waals surface area contributed by atoms with Crippen molar-refractivity contribution >= 4 is 0 Å². The molecule has 0 spiro atoms. The molecule has 1 fully saturated rings. The summed E-state index contributed by atoms with van der Waals surface area (Å²) in [6, 6.07) is 0. The van der Waals surface area contributed by atoms with E-state index in [0.717, 1.165) is 38.1 Å². The molecule has 1 aliphatic rings. The van der Waals surface area contributed by atoms with Gasteiger partial charge in [0.05, 0.1) is 6.61 Å². The normalized spacial score (nSPS) is 21.2. The molecule has 114 valence electrons. The molecule has 1 unspecified atom stereocenters. The highest BCUT2D eigenvalue weighted by Crippen LogP contribution is 2.15. The minimum atomic E-state index is 0.756. The fraction of sp³-hybridized carbons (Fsp3) is 1.00. The van der Waals surface area contributed by atoms with Crippen LogP contribution in [0.15, 0.2) is 0 Å². The largest absolute Gasteiger partial charge is 0.380 e. The molecule has 0 amide bonds. The van der Waals surface area contributed by atoms with Crippen molar-refractivity contribution in [2.24, 2.45) is 11.8 Å². The van der Waals surface area contributed by atoms with Crippen LogP contribution >= 0.6 is 0 Å². The molecule has 1 aliphatic heterocycles. The van der Waals surface area contributed by atoms with Gasteiger partial charge >= 0.3 is 0 Å². The predicted octanol–water partition coefficient (Wildman–Crippen LogP) is 2.76. The second-order valence-electron chi connectivity index (χ2n) is 6.33. The Labute approximate surface area is 120 Å². The maximum atomic E-state index is 5.67. The third kappa shape index (κ3) is 8.61. The predicted molar refractivity (Wildman–Crippen MR) is 82.6 cm³/mol. The van der Waals surface area contributed by atoms with Crippen molar-refractivity contribution in [2.75, 3.05) is 45.9 Å². The highest BCUT2D eigenvalue weighted by Gasteiger charge is 2.19. The van der Waals surface area contributed by atoms with Gasteiger partial charge in [0.1, 0.15) is 0 Å².